The van der Waals surface area contributed by atoms with E-state index < -0.39 is 0 Å². The fourth-order valence-electron chi connectivity index (χ4n) is 2.44. The van der Waals surface area contributed by atoms with Crippen LogP contribution >= 0.6 is 0 Å². The average molecular weight is 245 g/mol. The third-order valence-electron chi connectivity index (χ3n) is 3.32. The van der Waals surface area contributed by atoms with Gasteiger partial charge < -0.3 is 9.64 Å². The summed E-state index contributed by atoms with van der Waals surface area (Å²) in [5.41, 5.74) is 1.14. The van der Waals surface area contributed by atoms with Crippen LogP contribution in [0.3, 0.4) is 0 Å². The second-order valence-electron chi connectivity index (χ2n) is 4.50. The van der Waals surface area contributed by atoms with E-state index in [2.05, 4.69) is 22.4 Å². The number of benzene rings is 1. The maximum Gasteiger partial charge on any atom is 0.142 e. The van der Waals surface area contributed by atoms with Gasteiger partial charge in [0.2, 0.25) is 0 Å². The van der Waals surface area contributed by atoms with E-state index in [9.17, 15) is 0 Å². The third kappa shape index (κ3) is 2.93. The highest BCUT2D eigenvalue weighted by atomic mass is 16.5. The molecule has 1 N–H and O–H groups in total. The number of para-hydroxylation sites is 2. The van der Waals surface area contributed by atoms with Crippen molar-refractivity contribution in [2.75, 3.05) is 31.6 Å². The Bertz CT molecular complexity index is 427. The maximum absolute atomic E-state index is 8.62. The molecule has 96 valence electrons. The minimum atomic E-state index is 0.392. The molecule has 0 spiro atoms. The zero-order valence-corrected chi connectivity index (χ0v) is 10.7. The van der Waals surface area contributed by atoms with Crippen molar-refractivity contribution in [3.8, 4) is 11.8 Å². The molecule has 1 saturated heterocycles. The van der Waals surface area contributed by atoms with Crippen LogP contribution in [0.15, 0.2) is 24.3 Å². The van der Waals surface area contributed by atoms with Crippen LogP contribution in [0, 0.1) is 11.3 Å². The Morgan fingerprint density at radius 2 is 2.33 bits per heavy atom. The quantitative estimate of drug-likeness (QED) is 0.821. The number of nitrogens with zero attached hydrogens (tertiary/aromatic N) is 2. The van der Waals surface area contributed by atoms with Crippen molar-refractivity contribution >= 4 is 5.69 Å². The summed E-state index contributed by atoms with van der Waals surface area (Å²) in [6, 6.07) is 10.6. The first-order chi connectivity index (χ1) is 8.85. The number of rotatable bonds is 4. The van der Waals surface area contributed by atoms with E-state index in [1.54, 1.807) is 7.11 Å². The van der Waals surface area contributed by atoms with E-state index in [1.165, 1.54) is 0 Å². The van der Waals surface area contributed by atoms with Crippen molar-refractivity contribution in [2.24, 2.45) is 0 Å². The van der Waals surface area contributed by atoms with Crippen molar-refractivity contribution in [1.82, 2.24) is 5.32 Å². The Balaban J connectivity index is 2.06. The molecule has 1 unspecified atom stereocenters. The standard InChI is InChI=1S/C14H19N3O/c1-18-14-7-3-2-6-13(14)17-10-4-5-12(11-17)16-9-8-15/h2-3,6-7,12,16H,4-5,9-11H2,1H3. The molecule has 0 aromatic heterocycles. The molecular weight excluding hydrogens is 226 g/mol. The molecule has 0 saturated carbocycles. The predicted octanol–water partition coefficient (Wildman–Crippen LogP) is 1.78. The zero-order valence-electron chi connectivity index (χ0n) is 10.7. The lowest BCUT2D eigenvalue weighted by Crippen LogP contribution is -2.46. The minimum Gasteiger partial charge on any atom is -0.495 e. The maximum atomic E-state index is 8.62. The van der Waals surface area contributed by atoms with Crippen LogP contribution < -0.4 is 15.0 Å². The van der Waals surface area contributed by atoms with Crippen LogP contribution in [0.5, 0.6) is 5.75 Å². The van der Waals surface area contributed by atoms with Gasteiger partial charge in [-0.25, -0.2) is 0 Å². The van der Waals surface area contributed by atoms with Crippen molar-refractivity contribution in [1.29, 1.82) is 5.26 Å². The van der Waals surface area contributed by atoms with Gasteiger partial charge in [0.1, 0.15) is 5.75 Å². The van der Waals surface area contributed by atoms with E-state index in [-0.39, 0.29) is 0 Å². The first-order valence-corrected chi connectivity index (χ1v) is 6.33. The fraction of sp³-hybridized carbons (Fsp3) is 0.500. The molecule has 1 atom stereocenters. The average Bonchev–Trinajstić information content (AvgIpc) is 2.45. The van der Waals surface area contributed by atoms with Crippen LogP contribution in [0.2, 0.25) is 0 Å². The van der Waals surface area contributed by atoms with Crippen molar-refractivity contribution in [2.45, 2.75) is 18.9 Å². The SMILES string of the molecule is COc1ccccc1N1CCCC(NCC#N)C1. The summed E-state index contributed by atoms with van der Waals surface area (Å²) in [7, 11) is 1.70. The highest BCUT2D eigenvalue weighted by Gasteiger charge is 2.21. The third-order valence-corrected chi connectivity index (χ3v) is 3.32. The number of methoxy groups -OCH3 is 1. The lowest BCUT2D eigenvalue weighted by Gasteiger charge is -2.35. The van der Waals surface area contributed by atoms with E-state index in [0.29, 0.717) is 12.6 Å². The second-order valence-corrected chi connectivity index (χ2v) is 4.50. The summed E-state index contributed by atoms with van der Waals surface area (Å²) in [5, 5.41) is 11.9. The number of piperidine rings is 1. The Morgan fingerprint density at radius 1 is 1.50 bits per heavy atom. The molecule has 1 heterocycles. The van der Waals surface area contributed by atoms with Gasteiger partial charge >= 0.3 is 0 Å². The number of nitriles is 1. The molecule has 2 rings (SSSR count). The van der Waals surface area contributed by atoms with Gasteiger partial charge in [0.15, 0.2) is 0 Å². The van der Waals surface area contributed by atoms with E-state index in [1.807, 2.05) is 18.2 Å². The first kappa shape index (κ1) is 12.7. The van der Waals surface area contributed by atoms with E-state index in [0.717, 1.165) is 37.4 Å². The molecule has 0 aliphatic carbocycles. The second kappa shape index (κ2) is 6.27. The Kier molecular flexibility index (Phi) is 4.43. The Morgan fingerprint density at radius 3 is 3.11 bits per heavy atom. The number of anilines is 1. The lowest BCUT2D eigenvalue weighted by molar-refractivity contribution is 0.404. The van der Waals surface area contributed by atoms with Gasteiger partial charge in [-0.2, -0.15) is 5.26 Å². The number of ether oxygens (including phenoxy) is 1. The monoisotopic (exact) mass is 245 g/mol. The van der Waals surface area contributed by atoms with Gasteiger partial charge in [-0.05, 0) is 25.0 Å². The van der Waals surface area contributed by atoms with Crippen LogP contribution in [0.1, 0.15) is 12.8 Å². The predicted molar refractivity (Wildman–Crippen MR) is 71.8 cm³/mol. The smallest absolute Gasteiger partial charge is 0.142 e. The zero-order chi connectivity index (χ0) is 12.8. The highest BCUT2D eigenvalue weighted by Crippen LogP contribution is 2.29. The summed E-state index contributed by atoms with van der Waals surface area (Å²) >= 11 is 0. The summed E-state index contributed by atoms with van der Waals surface area (Å²) in [5.74, 6) is 0.915. The van der Waals surface area contributed by atoms with Gasteiger partial charge in [-0.3, -0.25) is 5.32 Å². The van der Waals surface area contributed by atoms with Crippen LogP contribution in [-0.4, -0.2) is 32.8 Å². The van der Waals surface area contributed by atoms with Crippen LogP contribution in [0.4, 0.5) is 5.69 Å². The molecule has 0 bridgehead atoms. The summed E-state index contributed by atoms with van der Waals surface area (Å²) in [6.45, 7) is 2.40. The normalized spacial score (nSPS) is 19.3. The molecule has 0 radical (unpaired) electrons. The van der Waals surface area contributed by atoms with Crippen molar-refractivity contribution in [3.05, 3.63) is 24.3 Å². The van der Waals surface area contributed by atoms with Gasteiger partial charge in [0, 0.05) is 19.1 Å². The van der Waals surface area contributed by atoms with Gasteiger partial charge in [0.05, 0.1) is 25.4 Å². The molecule has 1 aromatic rings. The van der Waals surface area contributed by atoms with E-state index >= 15 is 0 Å². The summed E-state index contributed by atoms with van der Waals surface area (Å²) < 4.78 is 5.40. The van der Waals surface area contributed by atoms with Crippen LogP contribution in [-0.2, 0) is 0 Å². The highest BCUT2D eigenvalue weighted by molar-refractivity contribution is 5.58. The molecule has 18 heavy (non-hydrogen) atoms. The lowest BCUT2D eigenvalue weighted by atomic mass is 10.0. The molecule has 1 fully saturated rings. The molecule has 0 amide bonds. The topological polar surface area (TPSA) is 48.3 Å². The molecule has 1 aromatic carbocycles. The Labute approximate surface area is 108 Å². The van der Waals surface area contributed by atoms with Crippen LogP contribution in [0.25, 0.3) is 0 Å². The molecule has 4 nitrogen and oxygen atoms in total. The van der Waals surface area contributed by atoms with Crippen molar-refractivity contribution in [3.63, 3.8) is 0 Å². The van der Waals surface area contributed by atoms with Gasteiger partial charge in [-0.15, -0.1) is 0 Å². The van der Waals surface area contributed by atoms with E-state index in [4.69, 9.17) is 10.00 Å². The largest absolute Gasteiger partial charge is 0.495 e. The van der Waals surface area contributed by atoms with Gasteiger partial charge in [0.25, 0.3) is 0 Å². The Hall–Kier alpha value is -1.73. The summed E-state index contributed by atoms with van der Waals surface area (Å²) in [6.07, 6.45) is 2.27. The number of nitrogens with one attached hydrogen (secondary N) is 1. The number of hydrogen-bond donors (Lipinski definition) is 1. The first-order valence-electron chi connectivity index (χ1n) is 6.33. The molecule has 1 aliphatic rings. The van der Waals surface area contributed by atoms with Gasteiger partial charge in [-0.1, -0.05) is 12.1 Å². The van der Waals surface area contributed by atoms with Crippen molar-refractivity contribution < 1.29 is 4.74 Å². The summed E-state index contributed by atoms with van der Waals surface area (Å²) in [4.78, 5) is 2.33. The minimum absolute atomic E-state index is 0.392. The molecule has 4 heteroatoms. The molecular formula is C14H19N3O. The number of hydrogen-bond acceptors (Lipinski definition) is 4. The fourth-order valence-corrected chi connectivity index (χ4v) is 2.44. The molecule has 1 aliphatic heterocycles.